The molecule has 0 saturated carbocycles. The van der Waals surface area contributed by atoms with E-state index in [-0.39, 0.29) is 18.9 Å². The number of carbonyl (C=O) groups is 2. The number of nitrogens with one attached hydrogen (secondary N) is 1. The van der Waals surface area contributed by atoms with Crippen molar-refractivity contribution in [2.24, 2.45) is 0 Å². The molecule has 2 amide bonds. The smallest absolute Gasteiger partial charge is 0.414 e. The van der Waals surface area contributed by atoms with Crippen LogP contribution < -0.4 is 5.32 Å². The van der Waals surface area contributed by atoms with E-state index in [1.54, 1.807) is 0 Å². The Bertz CT molecular complexity index is 390. The van der Waals surface area contributed by atoms with Gasteiger partial charge in [0.25, 0.3) is 0 Å². The van der Waals surface area contributed by atoms with Crippen LogP contribution in [-0.4, -0.2) is 37.5 Å². The molecule has 1 aromatic rings. The summed E-state index contributed by atoms with van der Waals surface area (Å²) >= 11 is 0. The molecule has 0 aliphatic rings. The summed E-state index contributed by atoms with van der Waals surface area (Å²) in [5.74, 6) is -0.332. The standard InChI is InChI=1S/C13H18N2O3/c1-15(2)9-8-12(16)14-13(17)18-10-11-6-4-3-5-7-11/h3-7H,8-10H2,1-2H3,(H,14,16,17). The number of imide groups is 1. The number of hydrogen-bond acceptors (Lipinski definition) is 4. The number of ether oxygens (including phenoxy) is 1. The number of amides is 2. The summed E-state index contributed by atoms with van der Waals surface area (Å²) in [6, 6.07) is 9.30. The predicted molar refractivity (Wildman–Crippen MR) is 67.9 cm³/mol. The fraction of sp³-hybridized carbons (Fsp3) is 0.385. The van der Waals surface area contributed by atoms with Gasteiger partial charge in [-0.05, 0) is 19.7 Å². The number of carbonyl (C=O) groups excluding carboxylic acids is 2. The van der Waals surface area contributed by atoms with Gasteiger partial charge in [0, 0.05) is 13.0 Å². The largest absolute Gasteiger partial charge is 0.444 e. The van der Waals surface area contributed by atoms with E-state index in [1.165, 1.54) is 0 Å². The van der Waals surface area contributed by atoms with E-state index in [1.807, 2.05) is 49.3 Å². The molecule has 0 aliphatic carbocycles. The molecule has 0 heterocycles. The van der Waals surface area contributed by atoms with Crippen molar-refractivity contribution in [1.82, 2.24) is 10.2 Å². The van der Waals surface area contributed by atoms with Gasteiger partial charge < -0.3 is 9.64 Å². The van der Waals surface area contributed by atoms with Crippen LogP contribution in [0.15, 0.2) is 30.3 Å². The van der Waals surface area contributed by atoms with Crippen LogP contribution in [0.4, 0.5) is 4.79 Å². The molecular weight excluding hydrogens is 232 g/mol. The molecule has 0 aromatic heterocycles. The van der Waals surface area contributed by atoms with Gasteiger partial charge >= 0.3 is 6.09 Å². The van der Waals surface area contributed by atoms with Gasteiger partial charge in [-0.2, -0.15) is 0 Å². The lowest BCUT2D eigenvalue weighted by Gasteiger charge is -2.09. The molecule has 98 valence electrons. The van der Waals surface area contributed by atoms with Crippen molar-refractivity contribution in [3.8, 4) is 0 Å². The number of rotatable bonds is 5. The van der Waals surface area contributed by atoms with Gasteiger partial charge in [-0.25, -0.2) is 4.79 Å². The molecule has 0 atom stereocenters. The highest BCUT2D eigenvalue weighted by Crippen LogP contribution is 2.00. The van der Waals surface area contributed by atoms with Crippen LogP contribution in [0.1, 0.15) is 12.0 Å². The Morgan fingerprint density at radius 1 is 1.22 bits per heavy atom. The fourth-order valence-corrected chi connectivity index (χ4v) is 1.26. The van der Waals surface area contributed by atoms with E-state index < -0.39 is 6.09 Å². The van der Waals surface area contributed by atoms with Gasteiger partial charge in [-0.3, -0.25) is 10.1 Å². The van der Waals surface area contributed by atoms with E-state index in [4.69, 9.17) is 4.74 Å². The topological polar surface area (TPSA) is 58.6 Å². The van der Waals surface area contributed by atoms with Gasteiger partial charge in [0.2, 0.25) is 5.91 Å². The Balaban J connectivity index is 2.23. The lowest BCUT2D eigenvalue weighted by atomic mass is 10.2. The summed E-state index contributed by atoms with van der Waals surface area (Å²) in [5.41, 5.74) is 0.883. The quantitative estimate of drug-likeness (QED) is 0.858. The third-order valence-corrected chi connectivity index (χ3v) is 2.24. The van der Waals surface area contributed by atoms with Crippen LogP contribution in [0.25, 0.3) is 0 Å². The average Bonchev–Trinajstić information content (AvgIpc) is 2.35. The lowest BCUT2D eigenvalue weighted by molar-refractivity contribution is -0.120. The van der Waals surface area contributed by atoms with E-state index in [0.29, 0.717) is 6.54 Å². The van der Waals surface area contributed by atoms with E-state index >= 15 is 0 Å². The maximum Gasteiger partial charge on any atom is 0.414 e. The summed E-state index contributed by atoms with van der Waals surface area (Å²) in [7, 11) is 3.72. The van der Waals surface area contributed by atoms with E-state index in [9.17, 15) is 9.59 Å². The SMILES string of the molecule is CN(C)CCC(=O)NC(=O)OCc1ccccc1. The van der Waals surface area contributed by atoms with Crippen LogP contribution in [0.5, 0.6) is 0 Å². The average molecular weight is 250 g/mol. The third-order valence-electron chi connectivity index (χ3n) is 2.24. The molecule has 1 rings (SSSR count). The summed E-state index contributed by atoms with van der Waals surface area (Å²) in [6.07, 6.45) is -0.435. The molecule has 5 nitrogen and oxygen atoms in total. The molecule has 1 N–H and O–H groups in total. The summed E-state index contributed by atoms with van der Waals surface area (Å²) < 4.78 is 4.92. The molecule has 0 bridgehead atoms. The first-order chi connectivity index (χ1) is 8.58. The molecule has 0 radical (unpaired) electrons. The molecular formula is C13H18N2O3. The van der Waals surface area contributed by atoms with Gasteiger partial charge in [-0.15, -0.1) is 0 Å². The normalized spacial score (nSPS) is 10.2. The van der Waals surface area contributed by atoms with Gasteiger partial charge in [-0.1, -0.05) is 30.3 Å². The molecule has 5 heteroatoms. The van der Waals surface area contributed by atoms with Crippen LogP contribution >= 0.6 is 0 Å². The van der Waals surface area contributed by atoms with Gasteiger partial charge in [0.15, 0.2) is 0 Å². The summed E-state index contributed by atoms with van der Waals surface area (Å²) in [5, 5.41) is 2.18. The highest BCUT2D eigenvalue weighted by atomic mass is 16.5. The van der Waals surface area contributed by atoms with Crippen molar-refractivity contribution in [2.45, 2.75) is 13.0 Å². The second-order valence-corrected chi connectivity index (χ2v) is 4.16. The fourth-order valence-electron chi connectivity index (χ4n) is 1.26. The second kappa shape index (κ2) is 7.45. The molecule has 0 spiro atoms. The first-order valence-electron chi connectivity index (χ1n) is 5.73. The number of benzene rings is 1. The minimum Gasteiger partial charge on any atom is -0.444 e. The zero-order valence-electron chi connectivity index (χ0n) is 10.7. The Hall–Kier alpha value is -1.88. The van der Waals surface area contributed by atoms with Crippen molar-refractivity contribution >= 4 is 12.0 Å². The second-order valence-electron chi connectivity index (χ2n) is 4.16. The van der Waals surface area contributed by atoms with Crippen molar-refractivity contribution in [1.29, 1.82) is 0 Å². The molecule has 0 fully saturated rings. The van der Waals surface area contributed by atoms with E-state index in [2.05, 4.69) is 5.32 Å². The van der Waals surface area contributed by atoms with Crippen LogP contribution in [0.2, 0.25) is 0 Å². The van der Waals surface area contributed by atoms with Crippen molar-refractivity contribution in [3.63, 3.8) is 0 Å². The molecule has 0 aliphatic heterocycles. The lowest BCUT2D eigenvalue weighted by Crippen LogP contribution is -2.32. The minimum absolute atomic E-state index is 0.160. The monoisotopic (exact) mass is 250 g/mol. The Morgan fingerprint density at radius 3 is 2.50 bits per heavy atom. The first kappa shape index (κ1) is 14.2. The number of alkyl carbamates (subject to hydrolysis) is 1. The Kier molecular flexibility index (Phi) is 5.87. The maximum absolute atomic E-state index is 11.3. The summed E-state index contributed by atoms with van der Waals surface area (Å²) in [4.78, 5) is 24.5. The molecule has 18 heavy (non-hydrogen) atoms. The van der Waals surface area contributed by atoms with Crippen molar-refractivity contribution < 1.29 is 14.3 Å². The number of hydrogen-bond donors (Lipinski definition) is 1. The van der Waals surface area contributed by atoms with E-state index in [0.717, 1.165) is 5.56 Å². The zero-order valence-corrected chi connectivity index (χ0v) is 10.7. The Morgan fingerprint density at radius 2 is 1.89 bits per heavy atom. The molecule has 1 aromatic carbocycles. The van der Waals surface area contributed by atoms with Crippen LogP contribution in [0.3, 0.4) is 0 Å². The first-order valence-corrected chi connectivity index (χ1v) is 5.73. The summed E-state index contributed by atoms with van der Waals surface area (Å²) in [6.45, 7) is 0.755. The number of nitrogens with zero attached hydrogens (tertiary/aromatic N) is 1. The Labute approximate surface area is 107 Å². The highest BCUT2D eigenvalue weighted by Gasteiger charge is 2.08. The van der Waals surface area contributed by atoms with Crippen LogP contribution in [-0.2, 0) is 16.1 Å². The predicted octanol–water partition coefficient (Wildman–Crippen LogP) is 1.39. The van der Waals surface area contributed by atoms with Crippen molar-refractivity contribution in [3.05, 3.63) is 35.9 Å². The van der Waals surface area contributed by atoms with Crippen molar-refractivity contribution in [2.75, 3.05) is 20.6 Å². The molecule has 0 unspecified atom stereocenters. The van der Waals surface area contributed by atoms with Crippen LogP contribution in [0, 0.1) is 0 Å². The molecule has 0 saturated heterocycles. The zero-order chi connectivity index (χ0) is 13.4. The maximum atomic E-state index is 11.3. The van der Waals surface area contributed by atoms with Gasteiger partial charge in [0.05, 0.1) is 0 Å². The third kappa shape index (κ3) is 6.00. The van der Waals surface area contributed by atoms with Gasteiger partial charge in [0.1, 0.15) is 6.61 Å². The highest BCUT2D eigenvalue weighted by molar-refractivity contribution is 5.91. The minimum atomic E-state index is -0.706.